The van der Waals surface area contributed by atoms with Crippen molar-refractivity contribution in [2.45, 2.75) is 19.4 Å². The number of nitrogens with zero attached hydrogens (tertiary/aromatic N) is 5. The highest BCUT2D eigenvalue weighted by Crippen LogP contribution is 2.23. The highest BCUT2D eigenvalue weighted by molar-refractivity contribution is 7.09. The number of carbonyl (C=O) groups is 1. The van der Waals surface area contributed by atoms with E-state index in [9.17, 15) is 13.6 Å². The van der Waals surface area contributed by atoms with Crippen molar-refractivity contribution < 1.29 is 13.6 Å². The molecule has 1 aromatic carbocycles. The van der Waals surface area contributed by atoms with E-state index in [1.54, 1.807) is 22.3 Å². The third kappa shape index (κ3) is 4.45. The Morgan fingerprint density at radius 1 is 1.34 bits per heavy atom. The molecule has 0 spiro atoms. The number of aromatic nitrogens is 3. The zero-order valence-electron chi connectivity index (χ0n) is 15.2. The van der Waals surface area contributed by atoms with Gasteiger partial charge in [-0.05, 0) is 25.1 Å². The van der Waals surface area contributed by atoms with Gasteiger partial charge in [-0.1, -0.05) is 0 Å². The van der Waals surface area contributed by atoms with Gasteiger partial charge >= 0.3 is 0 Å². The molecule has 146 valence electrons. The summed E-state index contributed by atoms with van der Waals surface area (Å²) < 4.78 is 29.2. The molecular formula is C19H14F2N6OS. The summed E-state index contributed by atoms with van der Waals surface area (Å²) in [5.74, 6) is -2.26. The predicted octanol–water partition coefficient (Wildman–Crippen LogP) is 3.21. The molecule has 1 N–H and O–H groups in total. The Labute approximate surface area is 168 Å². The van der Waals surface area contributed by atoms with Gasteiger partial charge in [0.1, 0.15) is 34.0 Å². The van der Waals surface area contributed by atoms with Crippen molar-refractivity contribution in [1.82, 2.24) is 20.1 Å². The van der Waals surface area contributed by atoms with Crippen LogP contribution in [0, 0.1) is 34.3 Å². The van der Waals surface area contributed by atoms with Gasteiger partial charge in [-0.25, -0.2) is 13.8 Å². The van der Waals surface area contributed by atoms with E-state index in [0.717, 1.165) is 12.1 Å². The summed E-state index contributed by atoms with van der Waals surface area (Å²) >= 11 is 1.25. The molecule has 0 saturated heterocycles. The van der Waals surface area contributed by atoms with Crippen molar-refractivity contribution in [1.29, 1.82) is 10.5 Å². The number of thiazole rings is 1. The minimum absolute atomic E-state index is 0.154. The summed E-state index contributed by atoms with van der Waals surface area (Å²) in [4.78, 5) is 16.3. The van der Waals surface area contributed by atoms with E-state index in [2.05, 4.69) is 15.4 Å². The van der Waals surface area contributed by atoms with Crippen molar-refractivity contribution in [3.63, 3.8) is 0 Å². The van der Waals surface area contributed by atoms with Gasteiger partial charge in [0.2, 0.25) is 0 Å². The summed E-state index contributed by atoms with van der Waals surface area (Å²) in [6.07, 6.45) is 1.79. The lowest BCUT2D eigenvalue weighted by atomic mass is 10.1. The van der Waals surface area contributed by atoms with Crippen molar-refractivity contribution in [3.05, 3.63) is 57.7 Å². The number of carbonyl (C=O) groups excluding carboxylic acids is 1. The van der Waals surface area contributed by atoms with E-state index < -0.39 is 17.2 Å². The van der Waals surface area contributed by atoms with E-state index in [1.807, 2.05) is 13.0 Å². The van der Waals surface area contributed by atoms with E-state index in [4.69, 9.17) is 10.5 Å². The minimum atomic E-state index is -0.948. The Hall–Kier alpha value is -3.63. The second-order valence-electron chi connectivity index (χ2n) is 6.13. The molecule has 0 aliphatic carbocycles. The number of rotatable bonds is 6. The molecule has 2 heterocycles. The van der Waals surface area contributed by atoms with E-state index in [1.165, 1.54) is 17.4 Å². The molecule has 0 fully saturated rings. The van der Waals surface area contributed by atoms with Gasteiger partial charge < -0.3 is 5.32 Å². The Morgan fingerprint density at radius 2 is 2.07 bits per heavy atom. The molecule has 10 heteroatoms. The number of benzene rings is 1. The molecule has 7 nitrogen and oxygen atoms in total. The number of nitrogens with one attached hydrogen (secondary N) is 1. The van der Waals surface area contributed by atoms with Crippen molar-refractivity contribution in [3.8, 4) is 23.4 Å². The van der Waals surface area contributed by atoms with Crippen LogP contribution in [0.4, 0.5) is 8.78 Å². The first kappa shape index (κ1) is 20.1. The molecule has 3 aromatic rings. The molecule has 29 heavy (non-hydrogen) atoms. The topological polar surface area (TPSA) is 107 Å². The fourth-order valence-electron chi connectivity index (χ4n) is 2.55. The first-order chi connectivity index (χ1) is 13.9. The predicted molar refractivity (Wildman–Crippen MR) is 101 cm³/mol. The Kier molecular flexibility index (Phi) is 5.96. The lowest BCUT2D eigenvalue weighted by Crippen LogP contribution is -2.30. The fraction of sp³-hybridized carbons (Fsp3) is 0.211. The fourth-order valence-corrected chi connectivity index (χ4v) is 3.26. The van der Waals surface area contributed by atoms with Crippen LogP contribution >= 0.6 is 11.3 Å². The average molecular weight is 412 g/mol. The standard InChI is InChI=1S/C19H14F2N6OS/c1-11(9-24-19(28)17-10-29-18(25-17)2-4-22)27-5-3-16(26-27)12-6-14(20)13(8-23)15(21)7-12/h3,5-7,10-11H,2,9H2,1H3,(H,24,28)/t11-/m1/s1. The number of halogens is 2. The SMILES string of the molecule is C[C@H](CNC(=O)c1csc(CC#N)n1)n1ccc(-c2cc(F)c(C#N)c(F)c2)n1. The number of nitriles is 2. The Morgan fingerprint density at radius 3 is 2.72 bits per heavy atom. The quantitative estimate of drug-likeness (QED) is 0.669. The molecule has 0 saturated carbocycles. The van der Waals surface area contributed by atoms with E-state index in [-0.39, 0.29) is 36.2 Å². The second-order valence-corrected chi connectivity index (χ2v) is 7.07. The highest BCUT2D eigenvalue weighted by Gasteiger charge is 2.16. The molecule has 3 rings (SSSR count). The molecule has 2 aromatic heterocycles. The Bertz CT molecular complexity index is 1120. The lowest BCUT2D eigenvalue weighted by molar-refractivity contribution is 0.0943. The molecule has 0 unspecified atom stereocenters. The monoisotopic (exact) mass is 412 g/mol. The smallest absolute Gasteiger partial charge is 0.270 e. The van der Waals surface area contributed by atoms with Crippen LogP contribution in [0.15, 0.2) is 29.8 Å². The van der Waals surface area contributed by atoms with Crippen LogP contribution in [-0.4, -0.2) is 27.2 Å². The zero-order chi connectivity index (χ0) is 21.0. The molecule has 0 aliphatic heterocycles. The van der Waals surface area contributed by atoms with Gasteiger partial charge in [-0.2, -0.15) is 15.6 Å². The van der Waals surface area contributed by atoms with Crippen LogP contribution in [0.3, 0.4) is 0 Å². The summed E-state index contributed by atoms with van der Waals surface area (Å²) in [6.45, 7) is 2.07. The third-order valence-corrected chi connectivity index (χ3v) is 4.93. The van der Waals surface area contributed by atoms with Crippen molar-refractivity contribution in [2.75, 3.05) is 6.54 Å². The van der Waals surface area contributed by atoms with Crippen LogP contribution in [0.2, 0.25) is 0 Å². The zero-order valence-corrected chi connectivity index (χ0v) is 16.0. The van der Waals surface area contributed by atoms with Crippen molar-refractivity contribution in [2.24, 2.45) is 0 Å². The first-order valence-corrected chi connectivity index (χ1v) is 9.35. The van der Waals surface area contributed by atoms with E-state index >= 15 is 0 Å². The minimum Gasteiger partial charge on any atom is -0.349 e. The highest BCUT2D eigenvalue weighted by atomic mass is 32.1. The number of hydrogen-bond donors (Lipinski definition) is 1. The van der Waals surface area contributed by atoms with Gasteiger partial charge in [0.25, 0.3) is 5.91 Å². The third-order valence-electron chi connectivity index (χ3n) is 4.08. The molecular weight excluding hydrogens is 398 g/mol. The van der Waals surface area contributed by atoms with Crippen LogP contribution < -0.4 is 5.32 Å². The largest absolute Gasteiger partial charge is 0.349 e. The first-order valence-electron chi connectivity index (χ1n) is 8.47. The molecule has 0 radical (unpaired) electrons. The van der Waals surface area contributed by atoms with Gasteiger partial charge in [-0.15, -0.1) is 11.3 Å². The maximum atomic E-state index is 13.8. The van der Waals surface area contributed by atoms with Crippen LogP contribution in [-0.2, 0) is 6.42 Å². The molecule has 0 aliphatic rings. The lowest BCUT2D eigenvalue weighted by Gasteiger charge is -2.12. The van der Waals surface area contributed by atoms with Crippen LogP contribution in [0.5, 0.6) is 0 Å². The summed E-state index contributed by atoms with van der Waals surface area (Å²) in [5, 5.41) is 26.6. The molecule has 1 amide bonds. The Balaban J connectivity index is 1.66. The average Bonchev–Trinajstić information content (AvgIpc) is 3.36. The van der Waals surface area contributed by atoms with Crippen LogP contribution in [0.25, 0.3) is 11.3 Å². The second kappa shape index (κ2) is 8.59. The maximum absolute atomic E-state index is 13.8. The van der Waals surface area contributed by atoms with Gasteiger partial charge in [0, 0.05) is 23.7 Å². The number of hydrogen-bond acceptors (Lipinski definition) is 6. The maximum Gasteiger partial charge on any atom is 0.270 e. The van der Waals surface area contributed by atoms with E-state index in [0.29, 0.717) is 10.7 Å². The summed E-state index contributed by atoms with van der Waals surface area (Å²) in [7, 11) is 0. The van der Waals surface area contributed by atoms with Gasteiger partial charge in [0.05, 0.1) is 24.2 Å². The van der Waals surface area contributed by atoms with Gasteiger partial charge in [-0.3, -0.25) is 9.48 Å². The summed E-state index contributed by atoms with van der Waals surface area (Å²) in [6, 6.07) is 6.92. The molecule has 0 bridgehead atoms. The van der Waals surface area contributed by atoms with Crippen LogP contribution in [0.1, 0.15) is 34.0 Å². The molecule has 1 atom stereocenters. The van der Waals surface area contributed by atoms with Crippen molar-refractivity contribution >= 4 is 17.2 Å². The summed E-state index contributed by atoms with van der Waals surface area (Å²) in [5.41, 5.74) is 0.161. The number of amides is 1. The normalized spacial score (nSPS) is 11.5. The van der Waals surface area contributed by atoms with Gasteiger partial charge in [0.15, 0.2) is 0 Å².